The highest BCUT2D eigenvalue weighted by atomic mass is 16.5. The van der Waals surface area contributed by atoms with E-state index in [2.05, 4.69) is 0 Å². The molecule has 0 aliphatic rings. The maximum atomic E-state index is 11.4. The van der Waals surface area contributed by atoms with Crippen LogP contribution in [0, 0.1) is 5.92 Å². The van der Waals surface area contributed by atoms with Gasteiger partial charge in [0.05, 0.1) is 19.6 Å². The molecule has 0 saturated carbocycles. The number of benzene rings is 1. The Bertz CT molecular complexity index is 379. The average molecular weight is 234 g/mol. The molecule has 3 nitrogen and oxygen atoms in total. The van der Waals surface area contributed by atoms with Crippen molar-refractivity contribution >= 4 is 12.0 Å². The molecule has 3 heteroatoms. The maximum absolute atomic E-state index is 11.4. The normalized spacial score (nSPS) is 12.4. The van der Waals surface area contributed by atoms with Crippen LogP contribution < -0.4 is 4.74 Å². The van der Waals surface area contributed by atoms with Crippen molar-refractivity contribution in [1.82, 2.24) is 0 Å². The minimum absolute atomic E-state index is 0.197. The molecule has 0 bridgehead atoms. The summed E-state index contributed by atoms with van der Waals surface area (Å²) >= 11 is 0. The summed E-state index contributed by atoms with van der Waals surface area (Å²) in [5.41, 5.74) is 1.03. The van der Waals surface area contributed by atoms with Crippen LogP contribution in [0.15, 0.2) is 30.3 Å². The molecule has 0 heterocycles. The lowest BCUT2D eigenvalue weighted by Crippen LogP contribution is -2.12. The second-order valence-corrected chi connectivity index (χ2v) is 3.67. The molecule has 1 aromatic rings. The highest BCUT2D eigenvalue weighted by molar-refractivity contribution is 5.75. The van der Waals surface area contributed by atoms with Gasteiger partial charge in [0.15, 0.2) is 0 Å². The number of hydrogen-bond acceptors (Lipinski definition) is 3. The van der Waals surface area contributed by atoms with Gasteiger partial charge in [0.1, 0.15) is 5.75 Å². The molecule has 1 rings (SSSR count). The van der Waals surface area contributed by atoms with Crippen molar-refractivity contribution in [1.29, 1.82) is 0 Å². The minimum Gasteiger partial charge on any atom is -0.497 e. The third-order valence-electron chi connectivity index (χ3n) is 2.35. The first kappa shape index (κ1) is 13.3. The van der Waals surface area contributed by atoms with Crippen LogP contribution in [0.25, 0.3) is 6.08 Å². The largest absolute Gasteiger partial charge is 0.497 e. The molecule has 0 amide bonds. The van der Waals surface area contributed by atoms with E-state index in [-0.39, 0.29) is 11.9 Å². The van der Waals surface area contributed by atoms with Crippen molar-refractivity contribution in [3.05, 3.63) is 35.9 Å². The van der Waals surface area contributed by atoms with Gasteiger partial charge in [0, 0.05) is 0 Å². The minimum atomic E-state index is -0.225. The molecule has 0 aliphatic heterocycles. The van der Waals surface area contributed by atoms with E-state index < -0.39 is 0 Å². The standard InChI is InChI=1S/C14H18O3/c1-4-17-14(15)11(2)5-6-12-7-9-13(16-3)10-8-12/h5-11H,4H2,1-3H3/b6-5+. The number of carbonyl (C=O) groups excluding carboxylic acids is 1. The summed E-state index contributed by atoms with van der Waals surface area (Å²) in [6.45, 7) is 4.04. The molecule has 0 N–H and O–H groups in total. The molecule has 0 aliphatic carbocycles. The fraction of sp³-hybridized carbons (Fsp3) is 0.357. The van der Waals surface area contributed by atoms with Crippen LogP contribution in [0.4, 0.5) is 0 Å². The van der Waals surface area contributed by atoms with E-state index in [0.717, 1.165) is 11.3 Å². The van der Waals surface area contributed by atoms with Gasteiger partial charge in [0.25, 0.3) is 0 Å². The molecule has 92 valence electrons. The SMILES string of the molecule is CCOC(=O)C(C)/C=C/c1ccc(OC)cc1. The van der Waals surface area contributed by atoms with Gasteiger partial charge in [-0.05, 0) is 31.5 Å². The van der Waals surface area contributed by atoms with Crippen LogP contribution >= 0.6 is 0 Å². The van der Waals surface area contributed by atoms with Gasteiger partial charge in [-0.2, -0.15) is 0 Å². The summed E-state index contributed by atoms with van der Waals surface area (Å²) in [5, 5.41) is 0. The molecule has 1 atom stereocenters. The molecule has 1 aromatic carbocycles. The number of rotatable bonds is 5. The lowest BCUT2D eigenvalue weighted by molar-refractivity contribution is -0.145. The van der Waals surface area contributed by atoms with Crippen LogP contribution in [0.2, 0.25) is 0 Å². The zero-order valence-electron chi connectivity index (χ0n) is 10.5. The summed E-state index contributed by atoms with van der Waals surface area (Å²) < 4.78 is 9.99. The number of ether oxygens (including phenoxy) is 2. The van der Waals surface area contributed by atoms with Crippen molar-refractivity contribution in [3.63, 3.8) is 0 Å². The Kier molecular flexibility index (Phi) is 5.27. The third-order valence-corrected chi connectivity index (χ3v) is 2.35. The Morgan fingerprint density at radius 1 is 1.35 bits per heavy atom. The molecule has 0 fully saturated rings. The lowest BCUT2D eigenvalue weighted by Gasteiger charge is -2.05. The maximum Gasteiger partial charge on any atom is 0.312 e. The number of hydrogen-bond donors (Lipinski definition) is 0. The van der Waals surface area contributed by atoms with E-state index in [1.165, 1.54) is 0 Å². The Labute approximate surface area is 102 Å². The second kappa shape index (κ2) is 6.74. The van der Waals surface area contributed by atoms with Gasteiger partial charge in [-0.15, -0.1) is 0 Å². The Morgan fingerprint density at radius 3 is 2.53 bits per heavy atom. The van der Waals surface area contributed by atoms with Crippen molar-refractivity contribution < 1.29 is 14.3 Å². The summed E-state index contributed by atoms with van der Waals surface area (Å²) in [7, 11) is 1.63. The first-order chi connectivity index (χ1) is 8.17. The Morgan fingerprint density at radius 2 is 2.00 bits per heavy atom. The molecule has 0 spiro atoms. The average Bonchev–Trinajstić information content (AvgIpc) is 2.36. The van der Waals surface area contributed by atoms with Gasteiger partial charge in [-0.3, -0.25) is 4.79 Å². The zero-order chi connectivity index (χ0) is 12.7. The molecule has 1 unspecified atom stereocenters. The van der Waals surface area contributed by atoms with Gasteiger partial charge >= 0.3 is 5.97 Å². The Hall–Kier alpha value is -1.77. The van der Waals surface area contributed by atoms with Gasteiger partial charge < -0.3 is 9.47 Å². The van der Waals surface area contributed by atoms with E-state index >= 15 is 0 Å². The molecular formula is C14H18O3. The quantitative estimate of drug-likeness (QED) is 0.735. The van der Waals surface area contributed by atoms with Crippen LogP contribution in [-0.4, -0.2) is 19.7 Å². The number of esters is 1. The van der Waals surface area contributed by atoms with Crippen LogP contribution in [0.3, 0.4) is 0 Å². The summed E-state index contributed by atoms with van der Waals surface area (Å²) in [6, 6.07) is 7.64. The van der Waals surface area contributed by atoms with E-state index in [4.69, 9.17) is 9.47 Å². The van der Waals surface area contributed by atoms with Crippen LogP contribution in [-0.2, 0) is 9.53 Å². The van der Waals surface area contributed by atoms with E-state index in [0.29, 0.717) is 6.61 Å². The van der Waals surface area contributed by atoms with E-state index in [1.807, 2.05) is 43.3 Å². The predicted octanol–water partition coefficient (Wildman–Crippen LogP) is 2.91. The fourth-order valence-corrected chi connectivity index (χ4v) is 1.32. The van der Waals surface area contributed by atoms with Gasteiger partial charge in [-0.1, -0.05) is 24.3 Å². The first-order valence-corrected chi connectivity index (χ1v) is 5.66. The van der Waals surface area contributed by atoms with E-state index in [9.17, 15) is 4.79 Å². The first-order valence-electron chi connectivity index (χ1n) is 5.66. The second-order valence-electron chi connectivity index (χ2n) is 3.67. The van der Waals surface area contributed by atoms with Crippen molar-refractivity contribution in [2.75, 3.05) is 13.7 Å². The zero-order valence-corrected chi connectivity index (χ0v) is 10.5. The molecule has 17 heavy (non-hydrogen) atoms. The summed E-state index contributed by atoms with van der Waals surface area (Å²) in [6.07, 6.45) is 3.74. The summed E-state index contributed by atoms with van der Waals surface area (Å²) in [4.78, 5) is 11.4. The Balaban J connectivity index is 2.60. The van der Waals surface area contributed by atoms with Crippen LogP contribution in [0.5, 0.6) is 5.75 Å². The van der Waals surface area contributed by atoms with Gasteiger partial charge in [0.2, 0.25) is 0 Å². The van der Waals surface area contributed by atoms with Crippen molar-refractivity contribution in [2.45, 2.75) is 13.8 Å². The predicted molar refractivity (Wildman–Crippen MR) is 67.8 cm³/mol. The molecule has 0 saturated heterocycles. The smallest absolute Gasteiger partial charge is 0.312 e. The molecule has 0 radical (unpaired) electrons. The third kappa shape index (κ3) is 4.31. The highest BCUT2D eigenvalue weighted by Gasteiger charge is 2.09. The molecular weight excluding hydrogens is 216 g/mol. The number of methoxy groups -OCH3 is 1. The van der Waals surface area contributed by atoms with Crippen molar-refractivity contribution in [2.24, 2.45) is 5.92 Å². The highest BCUT2D eigenvalue weighted by Crippen LogP contribution is 2.13. The van der Waals surface area contributed by atoms with Gasteiger partial charge in [-0.25, -0.2) is 0 Å². The summed E-state index contributed by atoms with van der Waals surface area (Å²) in [5.74, 6) is 0.398. The van der Waals surface area contributed by atoms with Crippen LogP contribution in [0.1, 0.15) is 19.4 Å². The topological polar surface area (TPSA) is 35.5 Å². The van der Waals surface area contributed by atoms with E-state index in [1.54, 1.807) is 14.0 Å². The molecule has 0 aromatic heterocycles. The fourth-order valence-electron chi connectivity index (χ4n) is 1.32. The van der Waals surface area contributed by atoms with Crippen molar-refractivity contribution in [3.8, 4) is 5.75 Å². The monoisotopic (exact) mass is 234 g/mol. The number of carbonyl (C=O) groups is 1. The lowest BCUT2D eigenvalue weighted by atomic mass is 10.1.